The van der Waals surface area contributed by atoms with Gasteiger partial charge in [-0.3, -0.25) is 0 Å². The fourth-order valence-electron chi connectivity index (χ4n) is 1.45. The Morgan fingerprint density at radius 3 is 0.583 bits per heavy atom. The molecule has 0 bridgehead atoms. The largest absolute Gasteiger partial charge is 1.00 e. The maximum Gasteiger partial charge on any atom is 0.168 e. The van der Waals surface area contributed by atoms with Crippen LogP contribution in [0.25, 0.3) is 0 Å². The summed E-state index contributed by atoms with van der Waals surface area (Å²) in [6.07, 6.45) is 12.0. The van der Waals surface area contributed by atoms with Gasteiger partial charge in [0.25, 0.3) is 0 Å². The summed E-state index contributed by atoms with van der Waals surface area (Å²) in [6.45, 7) is 0. The first-order chi connectivity index (χ1) is 10.2. The Hall–Kier alpha value is -1.68. The Labute approximate surface area is 163 Å². The first-order valence-electron chi connectivity index (χ1n) is 6.89. The molecule has 0 unspecified atom stereocenters. The van der Waals surface area contributed by atoms with Gasteiger partial charge in [0.2, 0.25) is 0 Å². The van der Waals surface area contributed by atoms with Gasteiger partial charge in [-0.1, -0.05) is 18.2 Å². The molecule has 0 aliphatic heterocycles. The van der Waals surface area contributed by atoms with Gasteiger partial charge in [0.15, 0.2) is 37.2 Å². The zero-order valence-corrected chi connectivity index (χ0v) is 16.4. The monoisotopic (exact) mass is 387 g/mol. The highest BCUT2D eigenvalue weighted by Crippen LogP contribution is 1.72. The third-order valence-corrected chi connectivity index (χ3v) is 2.59. The number of aromatic nitrogens is 3. The number of aryl methyl sites for hydroxylation is 3. The Kier molecular flexibility index (Phi) is 20.0. The molecule has 0 aliphatic rings. The van der Waals surface area contributed by atoms with Gasteiger partial charge in [-0.2, -0.15) is 0 Å². The molecular weight excluding hydrogens is 365 g/mol. The lowest BCUT2D eigenvalue weighted by molar-refractivity contribution is -0.671. The van der Waals surface area contributed by atoms with Crippen molar-refractivity contribution in [3.05, 3.63) is 91.8 Å². The van der Waals surface area contributed by atoms with Crippen molar-refractivity contribution < 1.29 is 50.9 Å². The molecule has 0 N–H and O–H groups in total. The smallest absolute Gasteiger partial charge is 0.168 e. The predicted octanol–water partition coefficient (Wildman–Crippen LogP) is -7.45. The maximum atomic E-state index is 2.00. The highest BCUT2D eigenvalue weighted by atomic mass is 35.5. The van der Waals surface area contributed by atoms with Crippen LogP contribution in [0.5, 0.6) is 0 Å². The number of nitrogens with zero attached hydrogens (tertiary/aromatic N) is 3. The molecule has 0 amide bonds. The van der Waals surface area contributed by atoms with Crippen LogP contribution in [-0.4, -0.2) is 0 Å². The predicted molar refractivity (Wildman–Crippen MR) is 82.9 cm³/mol. The zero-order chi connectivity index (χ0) is 15.3. The van der Waals surface area contributed by atoms with E-state index >= 15 is 0 Å². The molecule has 0 radical (unpaired) electrons. The number of hydrogen-bond acceptors (Lipinski definition) is 0. The summed E-state index contributed by atoms with van der Waals surface area (Å²) in [5, 5.41) is 0. The molecule has 24 heavy (non-hydrogen) atoms. The van der Waals surface area contributed by atoms with Crippen LogP contribution in [0.4, 0.5) is 0 Å². The molecule has 0 aromatic carbocycles. The second-order valence-electron chi connectivity index (χ2n) is 4.62. The molecule has 0 aliphatic carbocycles. The number of rotatable bonds is 0. The van der Waals surface area contributed by atoms with E-state index in [2.05, 4.69) is 0 Å². The average molecular weight is 389 g/mol. The lowest BCUT2D eigenvalue weighted by Gasteiger charge is -1.77. The maximum absolute atomic E-state index is 2.00. The van der Waals surface area contributed by atoms with Crippen molar-refractivity contribution >= 4 is 0 Å². The van der Waals surface area contributed by atoms with Crippen LogP contribution in [-0.2, 0) is 21.1 Å². The zero-order valence-electron chi connectivity index (χ0n) is 14.1. The highest BCUT2D eigenvalue weighted by molar-refractivity contribution is 4.84. The molecule has 6 heteroatoms. The summed E-state index contributed by atoms with van der Waals surface area (Å²) in [7, 11) is 6.00. The number of hydrogen-bond donors (Lipinski definition) is 0. The normalized spacial score (nSPS) is 7.62. The highest BCUT2D eigenvalue weighted by Gasteiger charge is 1.79. The van der Waals surface area contributed by atoms with Crippen LogP contribution < -0.4 is 50.9 Å². The van der Waals surface area contributed by atoms with Gasteiger partial charge in [0.05, 0.1) is 0 Å². The van der Waals surface area contributed by atoms with Crippen molar-refractivity contribution in [1.29, 1.82) is 0 Å². The molecular formula is C18H24Cl3N3. The van der Waals surface area contributed by atoms with Crippen LogP contribution in [0.1, 0.15) is 0 Å². The summed E-state index contributed by atoms with van der Waals surface area (Å²) >= 11 is 0. The summed E-state index contributed by atoms with van der Waals surface area (Å²) in [4.78, 5) is 0. The van der Waals surface area contributed by atoms with E-state index in [4.69, 9.17) is 0 Å². The molecule has 132 valence electrons. The molecule has 3 aromatic heterocycles. The third-order valence-electron chi connectivity index (χ3n) is 2.59. The standard InChI is InChI=1S/3C6H8N.3ClH/c3*1-7-5-3-2-4-6-7;;;/h3*2-6H,1H3;3*1H/q3*+1;;;/p-3. The van der Waals surface area contributed by atoms with Crippen LogP contribution in [0, 0.1) is 0 Å². The van der Waals surface area contributed by atoms with Crippen molar-refractivity contribution in [1.82, 2.24) is 0 Å². The van der Waals surface area contributed by atoms with Gasteiger partial charge < -0.3 is 37.2 Å². The average Bonchev–Trinajstić information content (AvgIpc) is 2.51. The van der Waals surface area contributed by atoms with Gasteiger partial charge in [-0.05, 0) is 0 Å². The Bertz CT molecular complexity index is 505. The third kappa shape index (κ3) is 15.2. The van der Waals surface area contributed by atoms with Crippen molar-refractivity contribution in [2.24, 2.45) is 21.1 Å². The van der Waals surface area contributed by atoms with Crippen molar-refractivity contribution in [3.63, 3.8) is 0 Å². The molecule has 0 saturated heterocycles. The second-order valence-corrected chi connectivity index (χ2v) is 4.62. The van der Waals surface area contributed by atoms with E-state index in [-0.39, 0.29) is 37.2 Å². The summed E-state index contributed by atoms with van der Waals surface area (Å²) < 4.78 is 6.00. The molecule has 0 spiro atoms. The molecule has 0 saturated carbocycles. The topological polar surface area (TPSA) is 11.6 Å². The SMILES string of the molecule is C[n+]1ccccc1.C[n+]1ccccc1.C[n+]1ccccc1.[Cl-].[Cl-].[Cl-]. The van der Waals surface area contributed by atoms with E-state index in [0.29, 0.717) is 0 Å². The van der Waals surface area contributed by atoms with E-state index in [9.17, 15) is 0 Å². The van der Waals surface area contributed by atoms with Crippen LogP contribution >= 0.6 is 0 Å². The lowest BCUT2D eigenvalue weighted by atomic mass is 10.5. The number of pyridine rings is 3. The summed E-state index contributed by atoms with van der Waals surface area (Å²) in [6, 6.07) is 18.0. The van der Waals surface area contributed by atoms with Crippen LogP contribution in [0.3, 0.4) is 0 Å². The Morgan fingerprint density at radius 1 is 0.333 bits per heavy atom. The van der Waals surface area contributed by atoms with E-state index in [1.54, 1.807) is 0 Å². The van der Waals surface area contributed by atoms with E-state index in [1.807, 2.05) is 127 Å². The van der Waals surface area contributed by atoms with Gasteiger partial charge in [0, 0.05) is 36.4 Å². The lowest BCUT2D eigenvalue weighted by Crippen LogP contribution is -3.00. The fraction of sp³-hybridized carbons (Fsp3) is 0.167. The molecule has 3 rings (SSSR count). The molecule has 3 nitrogen and oxygen atoms in total. The minimum absolute atomic E-state index is 0. The van der Waals surface area contributed by atoms with Gasteiger partial charge >= 0.3 is 0 Å². The van der Waals surface area contributed by atoms with Crippen molar-refractivity contribution in [2.75, 3.05) is 0 Å². The Morgan fingerprint density at radius 2 is 0.500 bits per heavy atom. The van der Waals surface area contributed by atoms with Crippen LogP contribution in [0.15, 0.2) is 91.8 Å². The van der Waals surface area contributed by atoms with Gasteiger partial charge in [0.1, 0.15) is 21.1 Å². The molecule has 3 aromatic rings. The van der Waals surface area contributed by atoms with Crippen LogP contribution in [0.2, 0.25) is 0 Å². The van der Waals surface area contributed by atoms with E-state index in [1.165, 1.54) is 0 Å². The molecule has 3 heterocycles. The van der Waals surface area contributed by atoms with E-state index in [0.717, 1.165) is 0 Å². The Balaban J connectivity index is -0.000000259. The molecule has 0 atom stereocenters. The first-order valence-corrected chi connectivity index (χ1v) is 6.89. The van der Waals surface area contributed by atoms with E-state index < -0.39 is 0 Å². The minimum atomic E-state index is 0. The second kappa shape index (κ2) is 17.7. The fourth-order valence-corrected chi connectivity index (χ4v) is 1.45. The van der Waals surface area contributed by atoms with Gasteiger partial charge in [-0.25, -0.2) is 13.7 Å². The number of halogens is 3. The van der Waals surface area contributed by atoms with Crippen molar-refractivity contribution in [2.45, 2.75) is 0 Å². The quantitative estimate of drug-likeness (QED) is 0.339. The summed E-state index contributed by atoms with van der Waals surface area (Å²) in [5.74, 6) is 0. The van der Waals surface area contributed by atoms with Gasteiger partial charge in [-0.15, -0.1) is 0 Å². The molecule has 0 fully saturated rings. The van der Waals surface area contributed by atoms with Crippen molar-refractivity contribution in [3.8, 4) is 0 Å². The first kappa shape index (κ1) is 27.2. The minimum Gasteiger partial charge on any atom is -1.00 e. The summed E-state index contributed by atoms with van der Waals surface area (Å²) in [5.41, 5.74) is 0.